The van der Waals surface area contributed by atoms with Gasteiger partial charge in [-0.25, -0.2) is 8.42 Å². The highest BCUT2D eigenvalue weighted by molar-refractivity contribution is 7.90. The van der Waals surface area contributed by atoms with Crippen molar-refractivity contribution >= 4 is 43.9 Å². The summed E-state index contributed by atoms with van der Waals surface area (Å²) in [7, 11) is -5.77. The molecule has 0 aromatic heterocycles. The van der Waals surface area contributed by atoms with Crippen molar-refractivity contribution in [3.05, 3.63) is 57.6 Å². The van der Waals surface area contributed by atoms with E-state index in [9.17, 15) is 27.5 Å². The van der Waals surface area contributed by atoms with E-state index in [-0.39, 0.29) is 15.5 Å². The summed E-state index contributed by atoms with van der Waals surface area (Å²) in [5.41, 5.74) is -0.648. The smallest absolute Gasteiger partial charge is 0.324 e. The van der Waals surface area contributed by atoms with Gasteiger partial charge in [-0.3, -0.25) is 19.1 Å². The number of ether oxygens (including phenoxy) is 1. The van der Waals surface area contributed by atoms with Crippen molar-refractivity contribution < 1.29 is 27.1 Å². The van der Waals surface area contributed by atoms with E-state index in [1.165, 1.54) is 24.3 Å². The number of nitro benzene ring substituents is 1. The van der Waals surface area contributed by atoms with Crippen molar-refractivity contribution in [3.8, 4) is 5.75 Å². The Labute approximate surface area is 156 Å². The van der Waals surface area contributed by atoms with Crippen LogP contribution in [0.5, 0.6) is 5.75 Å². The zero-order chi connectivity index (χ0) is 19.5. The minimum atomic E-state index is -3.67. The molecule has 0 saturated carbocycles. The van der Waals surface area contributed by atoms with Crippen LogP contribution >= 0.6 is 11.6 Å². The quantitative estimate of drug-likeness (QED) is 0.306. The molecule has 0 saturated heterocycles. The van der Waals surface area contributed by atoms with Gasteiger partial charge in [0.25, 0.3) is 5.69 Å². The van der Waals surface area contributed by atoms with Gasteiger partial charge in [-0.1, -0.05) is 11.6 Å². The maximum absolute atomic E-state index is 12.3. The predicted molar refractivity (Wildman–Crippen MR) is 94.6 cm³/mol. The second-order valence-electron chi connectivity index (χ2n) is 5.08. The SMILES string of the molecule is CS(=O)(=O)c1ccc([S@](=O)CC(=O)Oc2ccc(Cl)cc2)c([N+](=O)[O-])c1. The largest absolute Gasteiger partial charge is 0.426 e. The van der Waals surface area contributed by atoms with Crippen LogP contribution in [0.25, 0.3) is 0 Å². The van der Waals surface area contributed by atoms with Crippen molar-refractivity contribution in [3.63, 3.8) is 0 Å². The lowest BCUT2D eigenvalue weighted by Gasteiger charge is -2.06. The number of hydrogen-bond acceptors (Lipinski definition) is 7. The van der Waals surface area contributed by atoms with E-state index in [1.54, 1.807) is 0 Å². The first-order valence-corrected chi connectivity index (χ1v) is 10.5. The molecule has 2 rings (SSSR count). The molecule has 1 atom stereocenters. The average molecular weight is 418 g/mol. The second-order valence-corrected chi connectivity index (χ2v) is 8.95. The number of hydrogen-bond donors (Lipinski definition) is 0. The standard InChI is InChI=1S/C15H12ClNO7S2/c1-26(22,23)12-6-7-14(13(8-12)17(19)20)25(21)9-15(18)24-11-4-2-10(16)3-5-11/h2-8H,9H2,1H3/t25-/m1/s1. The fraction of sp³-hybridized carbons (Fsp3) is 0.133. The summed E-state index contributed by atoms with van der Waals surface area (Å²) in [5, 5.41) is 11.6. The summed E-state index contributed by atoms with van der Waals surface area (Å²) in [4.78, 5) is 21.6. The highest BCUT2D eigenvalue weighted by Crippen LogP contribution is 2.26. The Kier molecular flexibility index (Phi) is 6.11. The monoisotopic (exact) mass is 417 g/mol. The van der Waals surface area contributed by atoms with Crippen LogP contribution in [0.3, 0.4) is 0 Å². The number of esters is 1. The molecule has 0 unspecified atom stereocenters. The molecule has 0 radical (unpaired) electrons. The lowest BCUT2D eigenvalue weighted by molar-refractivity contribution is -0.388. The topological polar surface area (TPSA) is 121 Å². The van der Waals surface area contributed by atoms with Crippen LogP contribution in [0.15, 0.2) is 52.3 Å². The first kappa shape index (κ1) is 20.0. The molecule has 0 aliphatic rings. The summed E-state index contributed by atoms with van der Waals surface area (Å²) in [6.45, 7) is 0. The number of rotatable bonds is 6. The van der Waals surface area contributed by atoms with Crippen LogP contribution in [-0.2, 0) is 25.4 Å². The number of nitrogens with zero attached hydrogens (tertiary/aromatic N) is 1. The van der Waals surface area contributed by atoms with Gasteiger partial charge in [0.15, 0.2) is 9.84 Å². The summed E-state index contributed by atoms with van der Waals surface area (Å²) in [5.74, 6) is -1.33. The molecule has 0 heterocycles. The normalized spacial score (nSPS) is 12.4. The van der Waals surface area contributed by atoms with Gasteiger partial charge < -0.3 is 4.74 Å². The Morgan fingerprint density at radius 3 is 2.38 bits per heavy atom. The second kappa shape index (κ2) is 7.94. The third kappa shape index (κ3) is 5.10. The van der Waals surface area contributed by atoms with Gasteiger partial charge in [0.2, 0.25) is 0 Å². The van der Waals surface area contributed by atoms with E-state index in [0.717, 1.165) is 24.5 Å². The van der Waals surface area contributed by atoms with Gasteiger partial charge in [-0.05, 0) is 36.4 Å². The van der Waals surface area contributed by atoms with Crippen molar-refractivity contribution in [2.45, 2.75) is 9.79 Å². The molecule has 0 bridgehead atoms. The van der Waals surface area contributed by atoms with E-state index < -0.39 is 43.0 Å². The summed E-state index contributed by atoms with van der Waals surface area (Å²) in [6.07, 6.45) is 0.895. The van der Waals surface area contributed by atoms with Crippen molar-refractivity contribution in [2.75, 3.05) is 12.0 Å². The number of nitro groups is 1. The Bertz CT molecular complexity index is 988. The van der Waals surface area contributed by atoms with Crippen molar-refractivity contribution in [1.82, 2.24) is 0 Å². The van der Waals surface area contributed by atoms with Crippen molar-refractivity contribution in [1.29, 1.82) is 0 Å². The van der Waals surface area contributed by atoms with E-state index in [1.807, 2.05) is 0 Å². The molecular weight excluding hydrogens is 406 g/mol. The predicted octanol–water partition coefficient (Wildman–Crippen LogP) is 2.36. The van der Waals surface area contributed by atoms with Crippen LogP contribution in [0.1, 0.15) is 0 Å². The molecule has 0 spiro atoms. The highest BCUT2D eigenvalue weighted by atomic mass is 35.5. The number of carbonyl (C=O) groups is 1. The molecule has 0 aliphatic heterocycles. The maximum atomic E-state index is 12.3. The Hall–Kier alpha value is -2.30. The Morgan fingerprint density at radius 2 is 1.85 bits per heavy atom. The van der Waals surface area contributed by atoms with Crippen LogP contribution < -0.4 is 4.74 Å². The molecule has 26 heavy (non-hydrogen) atoms. The first-order valence-electron chi connectivity index (χ1n) is 6.91. The molecule has 0 N–H and O–H groups in total. The Balaban J connectivity index is 2.21. The van der Waals surface area contributed by atoms with E-state index in [0.29, 0.717) is 5.02 Å². The molecule has 2 aromatic rings. The van der Waals surface area contributed by atoms with E-state index >= 15 is 0 Å². The van der Waals surface area contributed by atoms with E-state index in [2.05, 4.69) is 0 Å². The third-order valence-corrected chi connectivity index (χ3v) is 5.79. The minimum Gasteiger partial charge on any atom is -0.426 e. The zero-order valence-electron chi connectivity index (χ0n) is 13.2. The maximum Gasteiger partial charge on any atom is 0.324 e. The molecule has 2 aromatic carbocycles. The lowest BCUT2D eigenvalue weighted by Crippen LogP contribution is -2.17. The van der Waals surface area contributed by atoms with Gasteiger partial charge in [0.05, 0.1) is 20.6 Å². The summed E-state index contributed by atoms with van der Waals surface area (Å²) >= 11 is 5.71. The number of halogens is 1. The summed E-state index contributed by atoms with van der Waals surface area (Å²) in [6, 6.07) is 8.83. The fourth-order valence-electron chi connectivity index (χ4n) is 1.91. The van der Waals surface area contributed by atoms with Crippen LogP contribution in [0, 0.1) is 10.1 Å². The van der Waals surface area contributed by atoms with Gasteiger partial charge >= 0.3 is 5.97 Å². The Morgan fingerprint density at radius 1 is 1.23 bits per heavy atom. The first-order chi connectivity index (χ1) is 12.1. The molecular formula is C15H12ClNO7S2. The molecule has 0 amide bonds. The molecule has 138 valence electrons. The number of benzene rings is 2. The molecule has 0 fully saturated rings. The van der Waals surface area contributed by atoms with Crippen LogP contribution in [-0.4, -0.2) is 35.5 Å². The lowest BCUT2D eigenvalue weighted by atomic mass is 10.3. The van der Waals surface area contributed by atoms with Crippen LogP contribution in [0.2, 0.25) is 5.02 Å². The molecule has 11 heteroatoms. The van der Waals surface area contributed by atoms with Gasteiger partial charge in [0, 0.05) is 17.3 Å². The van der Waals surface area contributed by atoms with Crippen molar-refractivity contribution in [2.24, 2.45) is 0 Å². The molecule has 8 nitrogen and oxygen atoms in total. The summed E-state index contributed by atoms with van der Waals surface area (Å²) < 4.78 is 40.3. The zero-order valence-corrected chi connectivity index (χ0v) is 15.6. The van der Waals surface area contributed by atoms with E-state index in [4.69, 9.17) is 16.3 Å². The fourth-order valence-corrected chi connectivity index (χ4v) is 3.69. The number of carbonyl (C=O) groups excluding carboxylic acids is 1. The molecule has 0 aliphatic carbocycles. The van der Waals surface area contributed by atoms with Crippen LogP contribution in [0.4, 0.5) is 5.69 Å². The van der Waals surface area contributed by atoms with Gasteiger partial charge in [0.1, 0.15) is 16.4 Å². The minimum absolute atomic E-state index is 0.179. The highest BCUT2D eigenvalue weighted by Gasteiger charge is 2.24. The van der Waals surface area contributed by atoms with Gasteiger partial charge in [-0.2, -0.15) is 0 Å². The van der Waals surface area contributed by atoms with Gasteiger partial charge in [-0.15, -0.1) is 0 Å². The third-order valence-electron chi connectivity index (χ3n) is 3.09. The average Bonchev–Trinajstić information content (AvgIpc) is 2.55. The number of sulfone groups is 1.